The molecule has 3 saturated heterocycles. The van der Waals surface area contributed by atoms with E-state index in [1.165, 1.54) is 4.90 Å². The molecule has 1 spiro atoms. The molecule has 2 aromatic carbocycles. The number of rotatable bonds is 10. The number of hydrogen-bond acceptors (Lipinski definition) is 6. The van der Waals surface area contributed by atoms with E-state index >= 15 is 0 Å². The van der Waals surface area contributed by atoms with Gasteiger partial charge in [-0.25, -0.2) is 0 Å². The van der Waals surface area contributed by atoms with Crippen LogP contribution in [-0.2, 0) is 19.1 Å². The fourth-order valence-electron chi connectivity index (χ4n) is 6.51. The Hall–Kier alpha value is -2.95. The van der Waals surface area contributed by atoms with Gasteiger partial charge in [0.1, 0.15) is 11.6 Å². The Balaban J connectivity index is 1.43. The standard InChI is InChI=1S/C29H35BrN4O5/c1-3-33(4-2)20-13-11-19(12-14-20)32-27(37)25-29-17-21(30)24(39-29)22(23(29)28(38)34(25)15-8-16-35)26(36)31-18-9-6-5-7-10-18/h5-7,9-14,21-25,35H,3-4,8,15-17H2,1-2H3,(H,31,36)(H,32,37)/t21?,22-,23-,24-,25?,29?/m0/s1. The minimum absolute atomic E-state index is 0.120. The number of carbonyl (C=O) groups excluding carboxylic acids is 3. The number of benzene rings is 2. The first-order chi connectivity index (χ1) is 18.8. The molecule has 3 aliphatic heterocycles. The van der Waals surface area contributed by atoms with Crippen molar-refractivity contribution in [1.82, 2.24) is 4.90 Å². The molecule has 3 N–H and O–H groups in total. The summed E-state index contributed by atoms with van der Waals surface area (Å²) in [5, 5.41) is 15.4. The van der Waals surface area contributed by atoms with Gasteiger partial charge in [0.2, 0.25) is 17.7 Å². The molecule has 5 rings (SSSR count). The lowest BCUT2D eigenvalue weighted by Crippen LogP contribution is -2.54. The average Bonchev–Trinajstić information content (AvgIpc) is 3.52. The zero-order valence-electron chi connectivity index (χ0n) is 22.2. The summed E-state index contributed by atoms with van der Waals surface area (Å²) in [6, 6.07) is 15.8. The summed E-state index contributed by atoms with van der Waals surface area (Å²) >= 11 is 3.68. The second-order valence-electron chi connectivity index (χ2n) is 10.3. The second kappa shape index (κ2) is 11.3. The summed E-state index contributed by atoms with van der Waals surface area (Å²) < 4.78 is 6.50. The van der Waals surface area contributed by atoms with Crippen LogP contribution < -0.4 is 15.5 Å². The first-order valence-electron chi connectivity index (χ1n) is 13.6. The molecular weight excluding hydrogens is 564 g/mol. The third-order valence-corrected chi connectivity index (χ3v) is 9.05. The molecular formula is C29H35BrN4O5. The molecule has 3 heterocycles. The molecule has 3 fully saturated rings. The summed E-state index contributed by atoms with van der Waals surface area (Å²) in [6.07, 6.45) is 0.211. The number of aliphatic hydroxyl groups is 1. The average molecular weight is 600 g/mol. The van der Waals surface area contributed by atoms with E-state index in [-0.39, 0.29) is 35.7 Å². The van der Waals surface area contributed by atoms with Crippen molar-refractivity contribution in [3.8, 4) is 0 Å². The summed E-state index contributed by atoms with van der Waals surface area (Å²) in [5.74, 6) is -2.48. The SMILES string of the molecule is CCN(CC)c1ccc(NC(=O)C2N(CCCO)C(=O)[C@@H]3[C@H](C(=O)Nc4ccccc4)[C@H]4OC23CC4Br)cc1. The van der Waals surface area contributed by atoms with E-state index < -0.39 is 29.6 Å². The highest BCUT2D eigenvalue weighted by atomic mass is 79.9. The van der Waals surface area contributed by atoms with Gasteiger partial charge in [0, 0.05) is 48.1 Å². The van der Waals surface area contributed by atoms with Crippen LogP contribution in [0.4, 0.5) is 17.1 Å². The predicted molar refractivity (Wildman–Crippen MR) is 153 cm³/mol. The van der Waals surface area contributed by atoms with Crippen LogP contribution in [0.5, 0.6) is 0 Å². The zero-order valence-corrected chi connectivity index (χ0v) is 23.8. The Bertz CT molecular complexity index is 1210. The summed E-state index contributed by atoms with van der Waals surface area (Å²) in [6.45, 7) is 6.01. The first kappa shape index (κ1) is 27.6. The number of hydrogen-bond donors (Lipinski definition) is 3. The number of alkyl halides is 1. The number of fused-ring (bicyclic) bond motifs is 1. The maximum Gasteiger partial charge on any atom is 0.250 e. The monoisotopic (exact) mass is 598 g/mol. The smallest absolute Gasteiger partial charge is 0.250 e. The van der Waals surface area contributed by atoms with Crippen molar-refractivity contribution in [3.63, 3.8) is 0 Å². The van der Waals surface area contributed by atoms with Gasteiger partial charge in [-0.1, -0.05) is 34.1 Å². The Morgan fingerprint density at radius 2 is 1.69 bits per heavy atom. The van der Waals surface area contributed by atoms with Crippen LogP contribution in [0.2, 0.25) is 0 Å². The van der Waals surface area contributed by atoms with Gasteiger partial charge in [0.15, 0.2) is 0 Å². The molecule has 2 aromatic rings. The molecule has 39 heavy (non-hydrogen) atoms. The number of aliphatic hydroxyl groups excluding tert-OH is 1. The number of amides is 3. The van der Waals surface area contributed by atoms with Crippen molar-refractivity contribution < 1.29 is 24.2 Å². The third-order valence-electron chi connectivity index (χ3n) is 8.20. The van der Waals surface area contributed by atoms with E-state index in [9.17, 15) is 19.5 Å². The van der Waals surface area contributed by atoms with E-state index in [0.717, 1.165) is 18.8 Å². The highest BCUT2D eigenvalue weighted by Gasteiger charge is 2.76. The van der Waals surface area contributed by atoms with Gasteiger partial charge in [-0.05, 0) is 63.1 Å². The number of ether oxygens (including phenoxy) is 1. The highest BCUT2D eigenvalue weighted by Crippen LogP contribution is 2.60. The molecule has 6 atom stereocenters. The molecule has 10 heteroatoms. The van der Waals surface area contributed by atoms with E-state index in [4.69, 9.17) is 4.74 Å². The van der Waals surface area contributed by atoms with Gasteiger partial charge in [-0.15, -0.1) is 0 Å². The Labute approximate surface area is 237 Å². The van der Waals surface area contributed by atoms with Gasteiger partial charge in [0.05, 0.1) is 17.9 Å². The lowest BCUT2D eigenvalue weighted by atomic mass is 9.70. The highest BCUT2D eigenvalue weighted by molar-refractivity contribution is 9.09. The van der Waals surface area contributed by atoms with Crippen LogP contribution in [0.15, 0.2) is 54.6 Å². The van der Waals surface area contributed by atoms with E-state index in [0.29, 0.717) is 24.2 Å². The molecule has 0 saturated carbocycles. The van der Waals surface area contributed by atoms with Crippen molar-refractivity contribution in [2.75, 3.05) is 41.8 Å². The lowest BCUT2D eigenvalue weighted by Gasteiger charge is -2.34. The molecule has 9 nitrogen and oxygen atoms in total. The number of likely N-dealkylation sites (tertiary alicyclic amines) is 1. The molecule has 2 bridgehead atoms. The van der Waals surface area contributed by atoms with E-state index in [1.807, 2.05) is 42.5 Å². The van der Waals surface area contributed by atoms with Crippen molar-refractivity contribution in [1.29, 1.82) is 0 Å². The third kappa shape index (κ3) is 4.83. The summed E-state index contributed by atoms with van der Waals surface area (Å²) in [4.78, 5) is 44.8. The number of anilines is 3. The van der Waals surface area contributed by atoms with Crippen LogP contribution in [0, 0.1) is 11.8 Å². The topological polar surface area (TPSA) is 111 Å². The molecule has 3 unspecified atom stereocenters. The van der Waals surface area contributed by atoms with Crippen LogP contribution >= 0.6 is 15.9 Å². The van der Waals surface area contributed by atoms with Gasteiger partial charge in [0.25, 0.3) is 0 Å². The minimum Gasteiger partial charge on any atom is -0.396 e. The Morgan fingerprint density at radius 1 is 1.05 bits per heavy atom. The number of nitrogens with one attached hydrogen (secondary N) is 2. The van der Waals surface area contributed by atoms with Crippen molar-refractivity contribution in [3.05, 3.63) is 54.6 Å². The Kier molecular flexibility index (Phi) is 7.98. The molecule has 3 aliphatic rings. The number of para-hydroxylation sites is 1. The first-order valence-corrected chi connectivity index (χ1v) is 14.5. The van der Waals surface area contributed by atoms with Crippen molar-refractivity contribution in [2.24, 2.45) is 11.8 Å². The summed E-state index contributed by atoms with van der Waals surface area (Å²) in [7, 11) is 0. The molecule has 0 aromatic heterocycles. The largest absolute Gasteiger partial charge is 0.396 e. The van der Waals surface area contributed by atoms with Crippen LogP contribution in [0.1, 0.15) is 26.7 Å². The van der Waals surface area contributed by atoms with Crippen LogP contribution in [0.3, 0.4) is 0 Å². The predicted octanol–water partition coefficient (Wildman–Crippen LogP) is 3.24. The van der Waals surface area contributed by atoms with Gasteiger partial charge >= 0.3 is 0 Å². The molecule has 0 radical (unpaired) electrons. The fraction of sp³-hybridized carbons (Fsp3) is 0.483. The molecule has 0 aliphatic carbocycles. The van der Waals surface area contributed by atoms with Crippen molar-refractivity contribution >= 4 is 50.7 Å². The van der Waals surface area contributed by atoms with Crippen molar-refractivity contribution in [2.45, 2.75) is 49.3 Å². The maximum absolute atomic E-state index is 13.9. The van der Waals surface area contributed by atoms with E-state index in [2.05, 4.69) is 45.3 Å². The normalized spacial score (nSPS) is 28.9. The second-order valence-corrected chi connectivity index (χ2v) is 11.5. The molecule has 3 amide bonds. The van der Waals surface area contributed by atoms with Crippen LogP contribution in [0.25, 0.3) is 0 Å². The van der Waals surface area contributed by atoms with Crippen LogP contribution in [-0.4, -0.2) is 76.5 Å². The number of nitrogens with zero attached hydrogens (tertiary/aromatic N) is 2. The van der Waals surface area contributed by atoms with E-state index in [1.54, 1.807) is 12.1 Å². The maximum atomic E-state index is 13.9. The lowest BCUT2D eigenvalue weighted by molar-refractivity contribution is -0.139. The van der Waals surface area contributed by atoms with Gasteiger partial charge < -0.3 is 30.3 Å². The molecule has 208 valence electrons. The summed E-state index contributed by atoms with van der Waals surface area (Å²) in [5.41, 5.74) is 1.17. The quantitative estimate of drug-likeness (QED) is 0.362. The minimum atomic E-state index is -1.14. The zero-order chi connectivity index (χ0) is 27.7. The van der Waals surface area contributed by atoms with Gasteiger partial charge in [-0.3, -0.25) is 14.4 Å². The van der Waals surface area contributed by atoms with Gasteiger partial charge in [-0.2, -0.15) is 0 Å². The number of carbonyl (C=O) groups is 3. The fourth-order valence-corrected chi connectivity index (χ4v) is 7.46. The Morgan fingerprint density at radius 3 is 2.33 bits per heavy atom. The number of halogens is 1.